The molecule has 0 atom stereocenters. The number of rotatable bonds is 5. The van der Waals surface area contributed by atoms with Gasteiger partial charge in [0, 0.05) is 18.5 Å². The van der Waals surface area contributed by atoms with Crippen LogP contribution in [0.3, 0.4) is 0 Å². The number of amides is 2. The molecule has 0 saturated carbocycles. The Morgan fingerprint density at radius 2 is 1.63 bits per heavy atom. The number of nitrogens with one attached hydrogen (secondary N) is 1. The van der Waals surface area contributed by atoms with Gasteiger partial charge >= 0.3 is 0 Å². The van der Waals surface area contributed by atoms with Crippen LogP contribution in [-0.2, 0) is 19.6 Å². The SMILES string of the molecule is COc1ccc(S(=O)(=O)Nc2ccc(C)c(C)c2)cc1N1C(=O)CCC1=O. The van der Waals surface area contributed by atoms with Gasteiger partial charge in [-0.1, -0.05) is 6.07 Å². The maximum absolute atomic E-state index is 12.8. The Bertz CT molecular complexity index is 1010. The molecule has 7 nitrogen and oxygen atoms in total. The maximum atomic E-state index is 12.8. The molecule has 0 radical (unpaired) electrons. The van der Waals surface area contributed by atoms with E-state index in [-0.39, 0.29) is 41.0 Å². The first-order valence-electron chi connectivity index (χ1n) is 8.37. The first kappa shape index (κ1) is 18.9. The number of methoxy groups -OCH3 is 1. The number of hydrogen-bond donors (Lipinski definition) is 1. The lowest BCUT2D eigenvalue weighted by Crippen LogP contribution is -2.29. The Kier molecular flexibility index (Phi) is 4.93. The molecule has 0 aliphatic carbocycles. The molecular formula is C19H20N2O5S. The van der Waals surface area contributed by atoms with Crippen LogP contribution in [-0.4, -0.2) is 27.3 Å². The minimum absolute atomic E-state index is 0.0657. The van der Waals surface area contributed by atoms with Crippen molar-refractivity contribution in [1.29, 1.82) is 0 Å². The third-order valence-corrected chi connectivity index (χ3v) is 5.89. The second kappa shape index (κ2) is 7.03. The number of benzene rings is 2. The van der Waals surface area contributed by atoms with Crippen molar-refractivity contribution >= 4 is 33.2 Å². The summed E-state index contributed by atoms with van der Waals surface area (Å²) in [6.45, 7) is 3.83. The molecule has 0 aromatic heterocycles. The van der Waals surface area contributed by atoms with Crippen LogP contribution in [0.5, 0.6) is 5.75 Å². The number of carbonyl (C=O) groups excluding carboxylic acids is 2. The van der Waals surface area contributed by atoms with E-state index < -0.39 is 10.0 Å². The number of anilines is 2. The number of aryl methyl sites for hydroxylation is 2. The van der Waals surface area contributed by atoms with Gasteiger partial charge in [0.05, 0.1) is 17.7 Å². The van der Waals surface area contributed by atoms with E-state index in [0.29, 0.717) is 5.69 Å². The van der Waals surface area contributed by atoms with E-state index in [1.807, 2.05) is 19.9 Å². The van der Waals surface area contributed by atoms with Crippen LogP contribution < -0.4 is 14.4 Å². The molecular weight excluding hydrogens is 368 g/mol. The van der Waals surface area contributed by atoms with Gasteiger partial charge in [-0.05, 0) is 55.3 Å². The molecule has 1 N–H and O–H groups in total. The predicted octanol–water partition coefficient (Wildman–Crippen LogP) is 2.77. The molecule has 0 bridgehead atoms. The molecule has 142 valence electrons. The number of hydrogen-bond acceptors (Lipinski definition) is 5. The molecule has 0 spiro atoms. The monoisotopic (exact) mass is 388 g/mol. The standard InChI is InChI=1S/C19H20N2O5S/c1-12-4-5-14(10-13(12)2)20-27(24,25)15-6-7-17(26-3)16(11-15)21-18(22)8-9-19(21)23/h4-7,10-11,20H,8-9H2,1-3H3. The Hall–Kier alpha value is -2.87. The first-order chi connectivity index (χ1) is 12.7. The molecule has 2 amide bonds. The van der Waals surface area contributed by atoms with Crippen molar-refractivity contribution < 1.29 is 22.7 Å². The maximum Gasteiger partial charge on any atom is 0.261 e. The van der Waals surface area contributed by atoms with Crippen molar-refractivity contribution in [2.24, 2.45) is 0 Å². The summed E-state index contributed by atoms with van der Waals surface area (Å²) in [7, 11) is -2.52. The van der Waals surface area contributed by atoms with Crippen molar-refractivity contribution in [3.05, 3.63) is 47.5 Å². The summed E-state index contributed by atoms with van der Waals surface area (Å²) in [5.41, 5.74) is 2.58. The van der Waals surface area contributed by atoms with Gasteiger partial charge in [0.1, 0.15) is 5.75 Å². The molecule has 2 aromatic rings. The Morgan fingerprint density at radius 3 is 2.22 bits per heavy atom. The van der Waals surface area contributed by atoms with Crippen LogP contribution in [0.4, 0.5) is 11.4 Å². The van der Waals surface area contributed by atoms with E-state index in [2.05, 4.69) is 4.72 Å². The first-order valence-corrected chi connectivity index (χ1v) is 9.85. The molecule has 8 heteroatoms. The van der Waals surface area contributed by atoms with Crippen LogP contribution in [0.1, 0.15) is 24.0 Å². The highest BCUT2D eigenvalue weighted by molar-refractivity contribution is 7.92. The number of nitrogens with zero attached hydrogens (tertiary/aromatic N) is 1. The van der Waals surface area contributed by atoms with Gasteiger partial charge in [0.15, 0.2) is 0 Å². The summed E-state index contributed by atoms with van der Waals surface area (Å²) in [6, 6.07) is 9.33. The zero-order valence-corrected chi connectivity index (χ0v) is 16.1. The lowest BCUT2D eigenvalue weighted by Gasteiger charge is -2.18. The number of sulfonamides is 1. The highest BCUT2D eigenvalue weighted by atomic mass is 32.2. The fourth-order valence-corrected chi connectivity index (χ4v) is 3.95. The molecule has 27 heavy (non-hydrogen) atoms. The summed E-state index contributed by atoms with van der Waals surface area (Å²) < 4.78 is 33.3. The smallest absolute Gasteiger partial charge is 0.261 e. The van der Waals surface area contributed by atoms with Crippen LogP contribution in [0.15, 0.2) is 41.3 Å². The van der Waals surface area contributed by atoms with Crippen LogP contribution in [0.2, 0.25) is 0 Å². The highest BCUT2D eigenvalue weighted by Gasteiger charge is 2.33. The van der Waals surface area contributed by atoms with Crippen molar-refractivity contribution in [1.82, 2.24) is 0 Å². The van der Waals surface area contributed by atoms with Crippen molar-refractivity contribution in [3.8, 4) is 5.75 Å². The van der Waals surface area contributed by atoms with Gasteiger partial charge in [-0.15, -0.1) is 0 Å². The largest absolute Gasteiger partial charge is 0.495 e. The van der Waals surface area contributed by atoms with E-state index in [0.717, 1.165) is 16.0 Å². The zero-order chi connectivity index (χ0) is 19.8. The summed E-state index contributed by atoms with van der Waals surface area (Å²) in [5.74, 6) is -0.506. The lowest BCUT2D eigenvalue weighted by molar-refractivity contribution is -0.121. The second-order valence-electron chi connectivity index (χ2n) is 6.36. The Balaban J connectivity index is 2.00. The van der Waals surface area contributed by atoms with Crippen LogP contribution >= 0.6 is 0 Å². The predicted molar refractivity (Wildman–Crippen MR) is 101 cm³/mol. The summed E-state index contributed by atoms with van der Waals surface area (Å²) >= 11 is 0. The van der Waals surface area contributed by atoms with Crippen molar-refractivity contribution in [3.63, 3.8) is 0 Å². The Morgan fingerprint density at radius 1 is 0.963 bits per heavy atom. The quantitative estimate of drug-likeness (QED) is 0.795. The summed E-state index contributed by atoms with van der Waals surface area (Å²) in [5, 5.41) is 0. The summed E-state index contributed by atoms with van der Waals surface area (Å²) in [6.07, 6.45) is 0.194. The molecule has 3 rings (SSSR count). The third kappa shape index (κ3) is 3.66. The van der Waals surface area contributed by atoms with E-state index in [9.17, 15) is 18.0 Å². The molecule has 1 aliphatic rings. The minimum Gasteiger partial charge on any atom is -0.495 e. The van der Waals surface area contributed by atoms with Gasteiger partial charge in [0.2, 0.25) is 11.8 Å². The van der Waals surface area contributed by atoms with Gasteiger partial charge in [-0.3, -0.25) is 14.3 Å². The number of imide groups is 1. The van der Waals surface area contributed by atoms with Gasteiger partial charge < -0.3 is 4.74 Å². The van der Waals surface area contributed by atoms with E-state index in [1.54, 1.807) is 12.1 Å². The number of ether oxygens (including phenoxy) is 1. The minimum atomic E-state index is -3.91. The fourth-order valence-electron chi connectivity index (χ4n) is 2.88. The van der Waals surface area contributed by atoms with Crippen LogP contribution in [0.25, 0.3) is 0 Å². The zero-order valence-electron chi connectivity index (χ0n) is 15.3. The molecule has 1 fully saturated rings. The molecule has 1 heterocycles. The average Bonchev–Trinajstić information content (AvgIpc) is 2.95. The molecule has 1 aliphatic heterocycles. The molecule has 0 unspecified atom stereocenters. The van der Waals surface area contributed by atoms with Gasteiger partial charge in [-0.2, -0.15) is 0 Å². The van der Waals surface area contributed by atoms with E-state index in [1.165, 1.54) is 25.3 Å². The van der Waals surface area contributed by atoms with Crippen molar-refractivity contribution in [2.45, 2.75) is 31.6 Å². The fraction of sp³-hybridized carbons (Fsp3) is 0.263. The summed E-state index contributed by atoms with van der Waals surface area (Å²) in [4.78, 5) is 25.0. The highest BCUT2D eigenvalue weighted by Crippen LogP contribution is 2.34. The van der Waals surface area contributed by atoms with Gasteiger partial charge in [-0.25, -0.2) is 13.3 Å². The van der Waals surface area contributed by atoms with Crippen molar-refractivity contribution in [2.75, 3.05) is 16.7 Å². The topological polar surface area (TPSA) is 92.8 Å². The lowest BCUT2D eigenvalue weighted by atomic mass is 10.1. The molecule has 1 saturated heterocycles. The third-order valence-electron chi connectivity index (χ3n) is 4.51. The molecule has 2 aromatic carbocycles. The van der Waals surface area contributed by atoms with Crippen LogP contribution in [0, 0.1) is 13.8 Å². The average molecular weight is 388 g/mol. The number of carbonyl (C=O) groups is 2. The Labute approximate surface area is 158 Å². The second-order valence-corrected chi connectivity index (χ2v) is 8.04. The van der Waals surface area contributed by atoms with E-state index in [4.69, 9.17) is 4.74 Å². The normalized spacial score (nSPS) is 14.6. The van der Waals surface area contributed by atoms with Gasteiger partial charge in [0.25, 0.3) is 10.0 Å². The van der Waals surface area contributed by atoms with E-state index >= 15 is 0 Å².